The molecule has 1 atom stereocenters. The topological polar surface area (TPSA) is 54.0 Å². The monoisotopic (exact) mass is 500 g/mol. The Balaban J connectivity index is 1.45. The van der Waals surface area contributed by atoms with Crippen LogP contribution in [-0.4, -0.2) is 38.5 Å². The molecule has 5 heteroatoms. The van der Waals surface area contributed by atoms with Crippen LogP contribution >= 0.6 is 0 Å². The summed E-state index contributed by atoms with van der Waals surface area (Å²) in [7, 11) is 0. The zero-order valence-corrected chi connectivity index (χ0v) is 22.0. The summed E-state index contributed by atoms with van der Waals surface area (Å²) < 4.78 is 22.8. The van der Waals surface area contributed by atoms with E-state index in [1.54, 1.807) is 6.92 Å². The van der Waals surface area contributed by atoms with Crippen molar-refractivity contribution in [2.24, 2.45) is 0 Å². The number of hydrogen-bond acceptors (Lipinski definition) is 5. The molecular formula is C32H36O5. The van der Waals surface area contributed by atoms with Gasteiger partial charge in [0.25, 0.3) is 0 Å². The summed E-state index contributed by atoms with van der Waals surface area (Å²) in [5.41, 5.74) is 7.00. The molecule has 0 heterocycles. The van der Waals surface area contributed by atoms with E-state index < -0.39 is 6.10 Å². The molecule has 3 aromatic carbocycles. The Morgan fingerprint density at radius 2 is 1.54 bits per heavy atom. The van der Waals surface area contributed by atoms with Crippen molar-refractivity contribution in [3.63, 3.8) is 0 Å². The first-order valence-corrected chi connectivity index (χ1v) is 13.2. The van der Waals surface area contributed by atoms with Gasteiger partial charge >= 0.3 is 5.97 Å². The average Bonchev–Trinajstić information content (AvgIpc) is 3.22. The summed E-state index contributed by atoms with van der Waals surface area (Å²) in [5, 5.41) is 0. The molecule has 0 amide bonds. The molecule has 0 saturated carbocycles. The van der Waals surface area contributed by atoms with E-state index in [9.17, 15) is 4.79 Å². The molecule has 0 saturated heterocycles. The van der Waals surface area contributed by atoms with Crippen molar-refractivity contribution in [2.75, 3.05) is 26.4 Å². The summed E-state index contributed by atoms with van der Waals surface area (Å²) in [6, 6.07) is 22.6. The van der Waals surface area contributed by atoms with E-state index in [4.69, 9.17) is 18.9 Å². The van der Waals surface area contributed by atoms with Crippen molar-refractivity contribution in [1.29, 1.82) is 0 Å². The molecule has 1 unspecified atom stereocenters. The maximum absolute atomic E-state index is 12.1. The highest BCUT2D eigenvalue weighted by molar-refractivity contribution is 6.01. The van der Waals surface area contributed by atoms with Crippen LogP contribution in [0.4, 0.5) is 0 Å². The second-order valence-electron chi connectivity index (χ2n) is 8.93. The van der Waals surface area contributed by atoms with E-state index >= 15 is 0 Å². The molecular weight excluding hydrogens is 464 g/mol. The Kier molecular flexibility index (Phi) is 9.39. The largest absolute Gasteiger partial charge is 0.494 e. The van der Waals surface area contributed by atoms with Crippen molar-refractivity contribution in [1.82, 2.24) is 0 Å². The maximum atomic E-state index is 12.1. The molecule has 1 aliphatic carbocycles. The van der Waals surface area contributed by atoms with Gasteiger partial charge in [0.1, 0.15) is 18.1 Å². The fraction of sp³-hybridized carbons (Fsp3) is 0.344. The minimum atomic E-state index is -0.597. The van der Waals surface area contributed by atoms with Crippen LogP contribution in [0.15, 0.2) is 72.8 Å². The van der Waals surface area contributed by atoms with Crippen LogP contribution in [0.1, 0.15) is 50.3 Å². The number of rotatable bonds is 13. The Morgan fingerprint density at radius 1 is 0.811 bits per heavy atom. The first kappa shape index (κ1) is 26.5. The Morgan fingerprint density at radius 3 is 2.27 bits per heavy atom. The molecule has 3 aromatic rings. The van der Waals surface area contributed by atoms with Gasteiger partial charge in [0.2, 0.25) is 0 Å². The number of fused-ring (bicyclic) bond motifs is 3. The van der Waals surface area contributed by atoms with E-state index in [1.807, 2.05) is 31.2 Å². The predicted octanol–water partition coefficient (Wildman–Crippen LogP) is 6.87. The van der Waals surface area contributed by atoms with E-state index in [2.05, 4.69) is 55.5 Å². The molecule has 0 aromatic heterocycles. The Bertz CT molecular complexity index is 1210. The van der Waals surface area contributed by atoms with Crippen LogP contribution in [0, 0.1) is 0 Å². The van der Waals surface area contributed by atoms with Gasteiger partial charge in [0, 0.05) is 13.0 Å². The SMILES string of the molecule is CCCCOc1ccc2c(c1)C(=CCOc1ccc(CC(OCC)C(=O)OCC)cc1)c1ccccc1-2. The van der Waals surface area contributed by atoms with Gasteiger partial charge in [-0.05, 0) is 84.0 Å². The first-order chi connectivity index (χ1) is 18.1. The number of esters is 1. The van der Waals surface area contributed by atoms with Gasteiger partial charge in [-0.2, -0.15) is 0 Å². The Hall–Kier alpha value is -3.57. The molecule has 5 nitrogen and oxygen atoms in total. The van der Waals surface area contributed by atoms with Crippen molar-refractivity contribution < 1.29 is 23.7 Å². The molecule has 0 bridgehead atoms. The van der Waals surface area contributed by atoms with E-state index in [-0.39, 0.29) is 5.97 Å². The third kappa shape index (κ3) is 6.60. The fourth-order valence-electron chi connectivity index (χ4n) is 4.53. The number of carbonyl (C=O) groups excluding carboxylic acids is 1. The number of hydrogen-bond donors (Lipinski definition) is 0. The van der Waals surface area contributed by atoms with Crippen LogP contribution < -0.4 is 9.47 Å². The van der Waals surface area contributed by atoms with Crippen molar-refractivity contribution in [3.8, 4) is 22.6 Å². The molecule has 37 heavy (non-hydrogen) atoms. The second-order valence-corrected chi connectivity index (χ2v) is 8.93. The van der Waals surface area contributed by atoms with Crippen LogP contribution in [0.25, 0.3) is 16.7 Å². The highest BCUT2D eigenvalue weighted by atomic mass is 16.6. The second kappa shape index (κ2) is 13.1. The quantitative estimate of drug-likeness (QED) is 0.148. The zero-order chi connectivity index (χ0) is 26.0. The smallest absolute Gasteiger partial charge is 0.335 e. The van der Waals surface area contributed by atoms with Gasteiger partial charge in [-0.15, -0.1) is 0 Å². The lowest BCUT2D eigenvalue weighted by molar-refractivity contribution is -0.156. The van der Waals surface area contributed by atoms with Gasteiger partial charge in [-0.1, -0.05) is 55.8 Å². The average molecular weight is 501 g/mol. The number of carbonyl (C=O) groups is 1. The summed E-state index contributed by atoms with van der Waals surface area (Å²) >= 11 is 0. The first-order valence-electron chi connectivity index (χ1n) is 13.2. The van der Waals surface area contributed by atoms with Gasteiger partial charge in [-0.25, -0.2) is 4.79 Å². The summed E-state index contributed by atoms with van der Waals surface area (Å²) in [6.45, 7) is 7.80. The van der Waals surface area contributed by atoms with Gasteiger partial charge in [-0.3, -0.25) is 0 Å². The number of ether oxygens (including phenoxy) is 4. The minimum absolute atomic E-state index is 0.327. The molecule has 0 aliphatic heterocycles. The fourth-order valence-corrected chi connectivity index (χ4v) is 4.53. The van der Waals surface area contributed by atoms with Crippen molar-refractivity contribution >= 4 is 11.5 Å². The molecule has 0 radical (unpaired) electrons. The molecule has 0 spiro atoms. The maximum Gasteiger partial charge on any atom is 0.335 e. The summed E-state index contributed by atoms with van der Waals surface area (Å²) in [6.07, 6.45) is 4.16. The van der Waals surface area contributed by atoms with Crippen LogP contribution in [0.3, 0.4) is 0 Å². The van der Waals surface area contributed by atoms with Crippen LogP contribution in [-0.2, 0) is 20.7 Å². The third-order valence-electron chi connectivity index (χ3n) is 6.35. The molecule has 1 aliphatic rings. The van der Waals surface area contributed by atoms with E-state index in [1.165, 1.54) is 22.3 Å². The van der Waals surface area contributed by atoms with Crippen LogP contribution in [0.2, 0.25) is 0 Å². The number of benzene rings is 3. The highest BCUT2D eigenvalue weighted by Gasteiger charge is 2.23. The van der Waals surface area contributed by atoms with Crippen molar-refractivity contribution in [3.05, 3.63) is 89.5 Å². The minimum Gasteiger partial charge on any atom is -0.494 e. The molecule has 0 fully saturated rings. The van der Waals surface area contributed by atoms with Gasteiger partial charge in [0.05, 0.1) is 13.2 Å². The Labute approximate surface area is 220 Å². The molecule has 194 valence electrons. The highest BCUT2D eigenvalue weighted by Crippen LogP contribution is 2.45. The van der Waals surface area contributed by atoms with Gasteiger partial charge in [0.15, 0.2) is 6.10 Å². The van der Waals surface area contributed by atoms with Crippen LogP contribution in [0.5, 0.6) is 11.5 Å². The van der Waals surface area contributed by atoms with E-state index in [0.717, 1.165) is 42.1 Å². The molecule has 0 N–H and O–H groups in total. The predicted molar refractivity (Wildman–Crippen MR) is 147 cm³/mol. The standard InChI is InChI=1S/C32H36O5/c1-4-7-19-36-25-16-17-28-26-10-8-9-11-27(26)29(30(28)22-25)18-20-37-24-14-12-23(13-15-24)21-31(34-5-2)32(33)35-6-3/h8-18,22,31H,4-7,19-21H2,1-3H3. The third-order valence-corrected chi connectivity index (χ3v) is 6.35. The summed E-state index contributed by atoms with van der Waals surface area (Å²) in [4.78, 5) is 12.1. The van der Waals surface area contributed by atoms with Gasteiger partial charge < -0.3 is 18.9 Å². The number of unbranched alkanes of at least 4 members (excludes halogenated alkanes) is 1. The molecule has 4 rings (SSSR count). The zero-order valence-electron chi connectivity index (χ0n) is 22.0. The van der Waals surface area contributed by atoms with Crippen molar-refractivity contribution in [2.45, 2.75) is 46.1 Å². The lowest BCUT2D eigenvalue weighted by atomic mass is 10.0. The van der Waals surface area contributed by atoms with E-state index in [0.29, 0.717) is 26.2 Å². The normalized spacial score (nSPS) is 13.6. The lowest BCUT2D eigenvalue weighted by Crippen LogP contribution is -2.28. The summed E-state index contributed by atoms with van der Waals surface area (Å²) in [5.74, 6) is 1.34. The lowest BCUT2D eigenvalue weighted by Gasteiger charge is -2.15.